The molecule has 1 heterocycles. The molecule has 0 aromatic heterocycles. The van der Waals surface area contributed by atoms with E-state index in [0.717, 1.165) is 25.4 Å². The number of morpholine rings is 1. The number of nitrogens with one attached hydrogen (secondary N) is 1. The molecule has 0 amide bonds. The van der Waals surface area contributed by atoms with E-state index in [1.54, 1.807) is 0 Å². The normalized spacial score (nSPS) is 20.0. The van der Waals surface area contributed by atoms with Crippen LogP contribution in [-0.4, -0.2) is 50.3 Å². The summed E-state index contributed by atoms with van der Waals surface area (Å²) >= 11 is 0. The second-order valence-electron chi connectivity index (χ2n) is 5.48. The summed E-state index contributed by atoms with van der Waals surface area (Å²) in [7, 11) is 2.09. The largest absolute Gasteiger partial charge is 0.374 e. The van der Waals surface area contributed by atoms with Crippen LogP contribution in [0.2, 0.25) is 0 Å². The molecule has 1 atom stereocenters. The highest BCUT2D eigenvalue weighted by Gasteiger charge is 2.16. The van der Waals surface area contributed by atoms with Gasteiger partial charge in [0.1, 0.15) is 0 Å². The van der Waals surface area contributed by atoms with Crippen LogP contribution in [0.5, 0.6) is 0 Å². The van der Waals surface area contributed by atoms with Crippen molar-refractivity contribution >= 4 is 35.6 Å². The van der Waals surface area contributed by atoms with Crippen molar-refractivity contribution in [2.75, 3.05) is 38.6 Å². The van der Waals surface area contributed by atoms with E-state index in [1.165, 1.54) is 11.1 Å². The summed E-state index contributed by atoms with van der Waals surface area (Å²) in [5, 5.41) is 3.13. The van der Waals surface area contributed by atoms with Gasteiger partial charge in [-0.2, -0.15) is 0 Å². The van der Waals surface area contributed by atoms with Gasteiger partial charge in [0.2, 0.25) is 0 Å². The van der Waals surface area contributed by atoms with E-state index in [4.69, 9.17) is 10.5 Å². The van der Waals surface area contributed by atoms with E-state index in [-0.39, 0.29) is 30.1 Å². The van der Waals surface area contributed by atoms with Crippen LogP contribution in [0, 0.1) is 13.8 Å². The highest BCUT2D eigenvalue weighted by Crippen LogP contribution is 2.13. The van der Waals surface area contributed by atoms with Gasteiger partial charge in [-0.05, 0) is 44.2 Å². The van der Waals surface area contributed by atoms with Crippen LogP contribution >= 0.6 is 24.0 Å². The number of benzene rings is 1. The summed E-state index contributed by atoms with van der Waals surface area (Å²) in [5.41, 5.74) is 9.32. The third-order valence-corrected chi connectivity index (χ3v) is 3.30. The van der Waals surface area contributed by atoms with E-state index >= 15 is 0 Å². The molecular weight excluding hydrogens is 379 g/mol. The number of nitrogens with two attached hydrogens (primary N) is 1. The molecule has 0 spiro atoms. The van der Waals surface area contributed by atoms with Crippen molar-refractivity contribution in [3.05, 3.63) is 29.3 Å². The zero-order valence-electron chi connectivity index (χ0n) is 12.9. The van der Waals surface area contributed by atoms with E-state index in [9.17, 15) is 0 Å². The average molecular weight is 404 g/mol. The third-order valence-electron chi connectivity index (χ3n) is 3.30. The maximum Gasteiger partial charge on any atom is 0.193 e. The van der Waals surface area contributed by atoms with Crippen molar-refractivity contribution in [3.8, 4) is 0 Å². The number of aliphatic imine (C=N–C) groups is 1. The number of anilines is 1. The quantitative estimate of drug-likeness (QED) is 0.460. The molecule has 1 unspecified atom stereocenters. The number of likely N-dealkylation sites (N-methyl/N-ethyl adjacent to an activating group) is 1. The Morgan fingerprint density at radius 1 is 1.38 bits per heavy atom. The molecule has 3 N–H and O–H groups in total. The molecule has 21 heavy (non-hydrogen) atoms. The molecule has 0 saturated carbocycles. The van der Waals surface area contributed by atoms with E-state index in [2.05, 4.69) is 54.3 Å². The van der Waals surface area contributed by atoms with Gasteiger partial charge < -0.3 is 20.7 Å². The summed E-state index contributed by atoms with van der Waals surface area (Å²) < 4.78 is 5.66. The minimum atomic E-state index is 0. The summed E-state index contributed by atoms with van der Waals surface area (Å²) in [4.78, 5) is 6.62. The van der Waals surface area contributed by atoms with Crippen LogP contribution in [0.25, 0.3) is 0 Å². The first-order valence-corrected chi connectivity index (χ1v) is 6.98. The third kappa shape index (κ3) is 6.19. The fourth-order valence-corrected chi connectivity index (χ4v) is 2.41. The van der Waals surface area contributed by atoms with Gasteiger partial charge >= 0.3 is 0 Å². The van der Waals surface area contributed by atoms with Crippen LogP contribution in [0.3, 0.4) is 0 Å². The Balaban J connectivity index is 0.00000220. The minimum Gasteiger partial charge on any atom is -0.374 e. The summed E-state index contributed by atoms with van der Waals surface area (Å²) in [6.07, 6.45) is 0.133. The molecule has 1 saturated heterocycles. The van der Waals surface area contributed by atoms with E-state index in [0.29, 0.717) is 12.5 Å². The van der Waals surface area contributed by atoms with Crippen molar-refractivity contribution in [2.45, 2.75) is 20.0 Å². The molecule has 2 rings (SSSR count). The number of hydrogen-bond acceptors (Lipinski definition) is 3. The first-order chi connectivity index (χ1) is 9.52. The zero-order valence-corrected chi connectivity index (χ0v) is 15.3. The first-order valence-electron chi connectivity index (χ1n) is 6.98. The monoisotopic (exact) mass is 404 g/mol. The Morgan fingerprint density at radius 2 is 2.05 bits per heavy atom. The van der Waals surface area contributed by atoms with Crippen molar-refractivity contribution in [3.63, 3.8) is 0 Å². The summed E-state index contributed by atoms with van der Waals surface area (Å²) in [6.45, 7) is 7.38. The second kappa shape index (κ2) is 8.55. The number of hydrogen-bond donors (Lipinski definition) is 2. The molecule has 1 fully saturated rings. The fraction of sp³-hybridized carbons (Fsp3) is 0.533. The fourth-order valence-electron chi connectivity index (χ4n) is 2.41. The molecule has 0 aliphatic carbocycles. The van der Waals surface area contributed by atoms with Gasteiger partial charge in [0.05, 0.1) is 19.3 Å². The molecule has 5 nitrogen and oxygen atoms in total. The Hall–Kier alpha value is -0.860. The standard InChI is InChI=1S/C15H24N4O.HI/c1-11-6-12(2)8-13(7-11)18-15(16)17-9-14-10-19(3)4-5-20-14;/h6-8,14H,4-5,9-10H2,1-3H3,(H3,16,17,18);1H. The van der Waals surface area contributed by atoms with Crippen molar-refractivity contribution < 1.29 is 4.74 Å². The molecule has 0 bridgehead atoms. The van der Waals surface area contributed by atoms with Gasteiger partial charge in [0.25, 0.3) is 0 Å². The van der Waals surface area contributed by atoms with Crippen LogP contribution in [0.15, 0.2) is 23.2 Å². The number of nitrogens with zero attached hydrogens (tertiary/aromatic N) is 2. The van der Waals surface area contributed by atoms with Crippen LogP contribution in [0.4, 0.5) is 5.69 Å². The molecule has 1 aromatic carbocycles. The molecule has 1 aliphatic heterocycles. The highest BCUT2D eigenvalue weighted by molar-refractivity contribution is 14.0. The topological polar surface area (TPSA) is 62.9 Å². The second-order valence-corrected chi connectivity index (χ2v) is 5.48. The number of rotatable bonds is 3. The molecule has 118 valence electrons. The highest BCUT2D eigenvalue weighted by atomic mass is 127. The lowest BCUT2D eigenvalue weighted by Gasteiger charge is -2.29. The number of ether oxygens (including phenoxy) is 1. The van der Waals surface area contributed by atoms with E-state index < -0.39 is 0 Å². The zero-order chi connectivity index (χ0) is 14.5. The molecule has 1 aliphatic rings. The molecular formula is C15H25IN4O. The Labute approximate surface area is 144 Å². The lowest BCUT2D eigenvalue weighted by molar-refractivity contribution is -0.0136. The smallest absolute Gasteiger partial charge is 0.193 e. The molecule has 0 radical (unpaired) electrons. The number of aryl methyl sites for hydroxylation is 2. The summed E-state index contributed by atoms with van der Waals surface area (Å²) in [5.74, 6) is 0.437. The van der Waals surface area contributed by atoms with Crippen LogP contribution < -0.4 is 11.1 Å². The van der Waals surface area contributed by atoms with Crippen molar-refractivity contribution in [1.82, 2.24) is 4.90 Å². The van der Waals surface area contributed by atoms with Gasteiger partial charge in [-0.3, -0.25) is 4.99 Å². The van der Waals surface area contributed by atoms with E-state index in [1.807, 2.05) is 0 Å². The van der Waals surface area contributed by atoms with Gasteiger partial charge in [0, 0.05) is 18.8 Å². The maximum absolute atomic E-state index is 5.93. The SMILES string of the molecule is Cc1cc(C)cc(NC(N)=NCC2CN(C)CCO2)c1.I. The number of halogens is 1. The van der Waals surface area contributed by atoms with Crippen molar-refractivity contribution in [1.29, 1.82) is 0 Å². The van der Waals surface area contributed by atoms with Crippen molar-refractivity contribution in [2.24, 2.45) is 10.7 Å². The Morgan fingerprint density at radius 3 is 2.67 bits per heavy atom. The predicted molar refractivity (Wildman–Crippen MR) is 98.7 cm³/mol. The average Bonchev–Trinajstić information content (AvgIpc) is 2.35. The van der Waals surface area contributed by atoms with Crippen LogP contribution in [-0.2, 0) is 4.74 Å². The Bertz CT molecular complexity index is 472. The minimum absolute atomic E-state index is 0. The number of guanidine groups is 1. The lowest BCUT2D eigenvalue weighted by Crippen LogP contribution is -2.41. The molecule has 1 aromatic rings. The maximum atomic E-state index is 5.93. The Kier molecular flexibility index (Phi) is 7.41. The van der Waals surface area contributed by atoms with Gasteiger partial charge in [-0.25, -0.2) is 0 Å². The van der Waals surface area contributed by atoms with Gasteiger partial charge in [0.15, 0.2) is 5.96 Å². The first kappa shape index (κ1) is 18.2. The lowest BCUT2D eigenvalue weighted by atomic mass is 10.1. The predicted octanol–water partition coefficient (Wildman–Crippen LogP) is 1.98. The van der Waals surface area contributed by atoms with Gasteiger partial charge in [-0.1, -0.05) is 6.07 Å². The molecule has 6 heteroatoms. The summed E-state index contributed by atoms with van der Waals surface area (Å²) in [6, 6.07) is 6.24. The van der Waals surface area contributed by atoms with Crippen LogP contribution in [0.1, 0.15) is 11.1 Å². The van der Waals surface area contributed by atoms with Gasteiger partial charge in [-0.15, -0.1) is 24.0 Å².